The number of nitrogens with zero attached hydrogens (tertiary/aromatic N) is 1. The number of aliphatic hydroxyl groups is 1. The zero-order valence-electron chi connectivity index (χ0n) is 17.8. The van der Waals surface area contributed by atoms with Gasteiger partial charge in [0.1, 0.15) is 12.4 Å². The van der Waals surface area contributed by atoms with Gasteiger partial charge in [0.05, 0.1) is 11.3 Å². The van der Waals surface area contributed by atoms with Crippen molar-refractivity contribution in [1.82, 2.24) is 0 Å². The lowest BCUT2D eigenvalue weighted by Crippen LogP contribution is -2.24. The smallest absolute Gasteiger partial charge is 0.168 e. The van der Waals surface area contributed by atoms with Gasteiger partial charge in [-0.25, -0.2) is 0 Å². The van der Waals surface area contributed by atoms with Crippen LogP contribution >= 0.6 is 0 Å². The third kappa shape index (κ3) is 4.34. The average molecular weight is 386 g/mol. The number of aliphatic hydroxyl groups excluding tert-OH is 1. The number of carbonyl (C=O) groups excluding carboxylic acids is 2. The van der Waals surface area contributed by atoms with Gasteiger partial charge in [-0.1, -0.05) is 18.1 Å². The number of oxime groups is 1. The molecule has 5 nitrogen and oxygen atoms in total. The quantitative estimate of drug-likeness (QED) is 0.394. The molecule has 1 aromatic rings. The zero-order chi connectivity index (χ0) is 21.0. The summed E-state index contributed by atoms with van der Waals surface area (Å²) in [6.45, 7) is 11.8. The van der Waals surface area contributed by atoms with Crippen LogP contribution in [-0.2, 0) is 9.63 Å². The molecule has 0 unspecified atom stereocenters. The van der Waals surface area contributed by atoms with Gasteiger partial charge in [0.15, 0.2) is 11.6 Å². The summed E-state index contributed by atoms with van der Waals surface area (Å²) in [5, 5.41) is 14.5. The van der Waals surface area contributed by atoms with Gasteiger partial charge in [-0.2, -0.15) is 0 Å². The molecule has 1 aliphatic rings. The summed E-state index contributed by atoms with van der Waals surface area (Å²) in [6, 6.07) is 2.02. The van der Waals surface area contributed by atoms with E-state index in [1.54, 1.807) is 6.92 Å². The average Bonchev–Trinajstić information content (AvgIpc) is 2.59. The molecule has 0 aliphatic heterocycles. The molecule has 1 N–H and O–H groups in total. The van der Waals surface area contributed by atoms with Crippen molar-refractivity contribution in [1.29, 1.82) is 0 Å². The number of hydrogen-bond acceptors (Lipinski definition) is 5. The predicted molar refractivity (Wildman–Crippen MR) is 111 cm³/mol. The summed E-state index contributed by atoms with van der Waals surface area (Å²) in [4.78, 5) is 30.5. The third-order valence-electron chi connectivity index (χ3n) is 5.33. The molecule has 0 radical (unpaired) electrons. The van der Waals surface area contributed by atoms with E-state index in [-0.39, 0.29) is 35.2 Å². The van der Waals surface area contributed by atoms with Crippen molar-refractivity contribution in [2.24, 2.45) is 5.16 Å². The minimum absolute atomic E-state index is 0.0445. The SMILES string of the molecule is CCCC(=O)c1c(C)cc(C)c([C@@H]2CC(=O)C(/C(C)=N\OCC)=C(O)C2)c1C. The maximum absolute atomic E-state index is 12.8. The first-order valence-corrected chi connectivity index (χ1v) is 9.98. The third-order valence-corrected chi connectivity index (χ3v) is 5.33. The van der Waals surface area contributed by atoms with E-state index in [9.17, 15) is 14.7 Å². The molecule has 2 rings (SSSR count). The van der Waals surface area contributed by atoms with Crippen LogP contribution < -0.4 is 0 Å². The Bertz CT molecular complexity index is 849. The Kier molecular flexibility index (Phi) is 7.17. The normalized spacial score (nSPS) is 17.9. The van der Waals surface area contributed by atoms with Crippen molar-refractivity contribution in [3.63, 3.8) is 0 Å². The lowest BCUT2D eigenvalue weighted by atomic mass is 9.76. The van der Waals surface area contributed by atoms with Crippen LogP contribution in [0.2, 0.25) is 0 Å². The number of hydrogen-bond donors (Lipinski definition) is 1. The summed E-state index contributed by atoms with van der Waals surface area (Å²) in [5.41, 5.74) is 5.39. The Morgan fingerprint density at radius 1 is 1.21 bits per heavy atom. The van der Waals surface area contributed by atoms with Gasteiger partial charge < -0.3 is 9.94 Å². The fourth-order valence-corrected chi connectivity index (χ4v) is 4.33. The van der Waals surface area contributed by atoms with Crippen LogP contribution in [0.1, 0.15) is 85.0 Å². The number of Topliss-reactive ketones (excluding diaryl/α,β-unsaturated/α-hetero) is 2. The number of ketones is 2. The van der Waals surface area contributed by atoms with E-state index >= 15 is 0 Å². The van der Waals surface area contributed by atoms with Crippen molar-refractivity contribution in [3.05, 3.63) is 45.2 Å². The van der Waals surface area contributed by atoms with E-state index in [4.69, 9.17) is 4.84 Å². The molecular weight excluding hydrogens is 354 g/mol. The summed E-state index contributed by atoms with van der Waals surface area (Å²) < 4.78 is 0. The Balaban J connectivity index is 2.48. The van der Waals surface area contributed by atoms with Gasteiger partial charge in [-0.3, -0.25) is 9.59 Å². The van der Waals surface area contributed by atoms with Crippen molar-refractivity contribution < 1.29 is 19.5 Å². The first-order valence-electron chi connectivity index (χ1n) is 9.98. The van der Waals surface area contributed by atoms with E-state index in [2.05, 4.69) is 5.16 Å². The Hall–Kier alpha value is -2.43. The van der Waals surface area contributed by atoms with Gasteiger partial charge >= 0.3 is 0 Å². The van der Waals surface area contributed by atoms with Crippen LogP contribution in [0.4, 0.5) is 0 Å². The zero-order valence-corrected chi connectivity index (χ0v) is 17.8. The summed E-state index contributed by atoms with van der Waals surface area (Å²) >= 11 is 0. The summed E-state index contributed by atoms with van der Waals surface area (Å²) in [7, 11) is 0. The highest BCUT2D eigenvalue weighted by Gasteiger charge is 2.33. The molecule has 0 spiro atoms. The number of benzene rings is 1. The van der Waals surface area contributed by atoms with Crippen LogP contribution in [-0.4, -0.2) is 29.0 Å². The van der Waals surface area contributed by atoms with Crippen LogP contribution in [0.5, 0.6) is 0 Å². The van der Waals surface area contributed by atoms with Crippen LogP contribution in [0.15, 0.2) is 22.6 Å². The first kappa shape index (κ1) is 21.9. The molecule has 5 heteroatoms. The first-order chi connectivity index (χ1) is 13.2. The molecular formula is C23H31NO4. The molecule has 1 aliphatic carbocycles. The van der Waals surface area contributed by atoms with Crippen LogP contribution in [0.3, 0.4) is 0 Å². The molecule has 0 aromatic heterocycles. The Morgan fingerprint density at radius 2 is 1.89 bits per heavy atom. The maximum Gasteiger partial charge on any atom is 0.168 e. The van der Waals surface area contributed by atoms with Crippen LogP contribution in [0, 0.1) is 20.8 Å². The summed E-state index contributed by atoms with van der Waals surface area (Å²) in [5.74, 6) is -0.107. The summed E-state index contributed by atoms with van der Waals surface area (Å²) in [6.07, 6.45) is 1.95. The van der Waals surface area contributed by atoms with Gasteiger partial charge in [-0.05, 0) is 69.2 Å². The molecule has 28 heavy (non-hydrogen) atoms. The standard InChI is InChI=1S/C23H31NO4/c1-7-9-18(25)22-14(4)10-13(3)21(15(22)5)17-11-19(26)23(20(27)12-17)16(6)24-28-8-2/h10,17,26H,7-9,11-12H2,1-6H3/b24-16-/t17-/m0/s1. The second-order valence-electron chi connectivity index (χ2n) is 7.54. The fourth-order valence-electron chi connectivity index (χ4n) is 4.33. The topological polar surface area (TPSA) is 76.0 Å². The Labute approximate surface area is 167 Å². The van der Waals surface area contributed by atoms with E-state index in [1.165, 1.54) is 0 Å². The second kappa shape index (κ2) is 9.18. The monoisotopic (exact) mass is 385 g/mol. The van der Waals surface area contributed by atoms with Gasteiger partial charge in [-0.15, -0.1) is 0 Å². The molecule has 0 bridgehead atoms. The number of carbonyl (C=O) groups is 2. The van der Waals surface area contributed by atoms with Crippen LogP contribution in [0.25, 0.3) is 0 Å². The highest BCUT2D eigenvalue weighted by molar-refractivity contribution is 6.22. The van der Waals surface area contributed by atoms with E-state index in [0.717, 1.165) is 34.2 Å². The van der Waals surface area contributed by atoms with E-state index in [1.807, 2.05) is 40.7 Å². The largest absolute Gasteiger partial charge is 0.511 e. The van der Waals surface area contributed by atoms with Gasteiger partial charge in [0.25, 0.3) is 0 Å². The minimum atomic E-state index is -0.148. The maximum atomic E-state index is 12.8. The molecule has 0 amide bonds. The van der Waals surface area contributed by atoms with Crippen molar-refractivity contribution >= 4 is 17.3 Å². The lowest BCUT2D eigenvalue weighted by molar-refractivity contribution is -0.116. The lowest BCUT2D eigenvalue weighted by Gasteiger charge is -2.28. The molecule has 152 valence electrons. The van der Waals surface area contributed by atoms with E-state index in [0.29, 0.717) is 25.2 Å². The van der Waals surface area contributed by atoms with Gasteiger partial charge in [0, 0.05) is 24.8 Å². The predicted octanol–water partition coefficient (Wildman–Crippen LogP) is 5.27. The van der Waals surface area contributed by atoms with E-state index < -0.39 is 0 Å². The molecule has 1 aromatic carbocycles. The highest BCUT2D eigenvalue weighted by atomic mass is 16.6. The molecule has 0 saturated heterocycles. The second-order valence-corrected chi connectivity index (χ2v) is 7.54. The van der Waals surface area contributed by atoms with Crippen molar-refractivity contribution in [3.8, 4) is 0 Å². The Morgan fingerprint density at radius 3 is 2.46 bits per heavy atom. The van der Waals surface area contributed by atoms with Crippen molar-refractivity contribution in [2.75, 3.05) is 6.61 Å². The molecule has 0 heterocycles. The number of allylic oxidation sites excluding steroid dienone is 2. The number of rotatable bonds is 7. The number of aryl methyl sites for hydroxylation is 2. The van der Waals surface area contributed by atoms with Gasteiger partial charge in [0.2, 0.25) is 0 Å². The molecule has 1 atom stereocenters. The fraction of sp³-hybridized carbons (Fsp3) is 0.522. The van der Waals surface area contributed by atoms with Crippen molar-refractivity contribution in [2.45, 2.75) is 73.1 Å². The highest BCUT2D eigenvalue weighted by Crippen LogP contribution is 2.39. The minimum Gasteiger partial charge on any atom is -0.511 e. The molecule has 0 fully saturated rings. The molecule has 0 saturated carbocycles.